The van der Waals surface area contributed by atoms with Crippen LogP contribution in [-0.4, -0.2) is 46.3 Å². The van der Waals surface area contributed by atoms with Crippen molar-refractivity contribution in [2.75, 3.05) is 25.0 Å². The number of amides is 1. The van der Waals surface area contributed by atoms with Crippen molar-refractivity contribution in [2.24, 2.45) is 11.7 Å². The van der Waals surface area contributed by atoms with E-state index in [4.69, 9.17) is 10.8 Å². The van der Waals surface area contributed by atoms with Gasteiger partial charge in [-0.3, -0.25) is 14.4 Å². The maximum absolute atomic E-state index is 15.3. The highest BCUT2D eigenvalue weighted by molar-refractivity contribution is 5.97. The number of rotatable bonds is 8. The van der Waals surface area contributed by atoms with Crippen LogP contribution >= 0.6 is 0 Å². The first kappa shape index (κ1) is 21.9. The zero-order valence-electron chi connectivity index (χ0n) is 18.8. The second-order valence-corrected chi connectivity index (χ2v) is 10.1. The van der Waals surface area contributed by atoms with Gasteiger partial charge in [0, 0.05) is 31.9 Å². The molecule has 1 aliphatic heterocycles. The van der Waals surface area contributed by atoms with E-state index >= 15 is 4.39 Å². The quantitative estimate of drug-likeness (QED) is 0.641. The molecule has 0 spiro atoms. The lowest BCUT2D eigenvalue weighted by molar-refractivity contribution is -0.0766. The van der Waals surface area contributed by atoms with Crippen LogP contribution in [0.1, 0.15) is 60.9 Å². The first-order valence-electron chi connectivity index (χ1n) is 11.9. The standard InChI is InChI=1S/C25H31FN6O/c26-25(19-4-2-1-3-5-19)16-31(17-25)20-8-10-24(11-9-20,12-13-27)32-15-21(22(28)33)23(30-32)29-14-18-6-7-18/h1-5,15,18,20H,6-12,14,16-17H2,(H2,28,33)(H,29,30)/t20-,24-. The van der Waals surface area contributed by atoms with Crippen molar-refractivity contribution in [1.82, 2.24) is 14.7 Å². The molecule has 0 radical (unpaired) electrons. The number of likely N-dealkylation sites (tertiary alicyclic amines) is 1. The van der Waals surface area contributed by atoms with Crippen LogP contribution in [0.4, 0.5) is 10.2 Å². The maximum Gasteiger partial charge on any atom is 0.254 e. The first-order valence-corrected chi connectivity index (χ1v) is 11.9. The lowest BCUT2D eigenvalue weighted by Crippen LogP contribution is -2.61. The Kier molecular flexibility index (Phi) is 5.61. The van der Waals surface area contributed by atoms with Crippen molar-refractivity contribution in [2.45, 2.75) is 62.2 Å². The molecule has 3 N–H and O–H groups in total. The number of anilines is 1. The van der Waals surface area contributed by atoms with Gasteiger partial charge in [-0.15, -0.1) is 0 Å². The van der Waals surface area contributed by atoms with Gasteiger partial charge in [0.2, 0.25) is 0 Å². The van der Waals surface area contributed by atoms with E-state index in [9.17, 15) is 10.1 Å². The number of carbonyl (C=O) groups is 1. The van der Waals surface area contributed by atoms with Crippen LogP contribution in [0.3, 0.4) is 0 Å². The summed E-state index contributed by atoms with van der Waals surface area (Å²) in [6.45, 7) is 1.61. The molecule has 1 aromatic heterocycles. The number of carbonyl (C=O) groups excluding carboxylic acids is 1. The Morgan fingerprint density at radius 3 is 2.52 bits per heavy atom. The number of alkyl halides is 1. The Labute approximate surface area is 193 Å². The van der Waals surface area contributed by atoms with E-state index in [1.165, 1.54) is 12.8 Å². The number of hydrogen-bond donors (Lipinski definition) is 2. The fourth-order valence-corrected chi connectivity index (χ4v) is 5.41. The van der Waals surface area contributed by atoms with Crippen molar-refractivity contribution < 1.29 is 9.18 Å². The SMILES string of the molecule is N#CC[C@]1(n2cc(C(N)=O)c(NCC3CC3)n2)CC[C@H](N2CC(F)(c3ccccc3)C2)CC1. The molecule has 2 heterocycles. The van der Waals surface area contributed by atoms with Gasteiger partial charge in [-0.1, -0.05) is 30.3 Å². The van der Waals surface area contributed by atoms with E-state index < -0.39 is 17.1 Å². The van der Waals surface area contributed by atoms with Crippen LogP contribution in [0.5, 0.6) is 0 Å². The molecule has 8 heteroatoms. The minimum absolute atomic E-state index is 0.294. The number of aromatic nitrogens is 2. The molecule has 33 heavy (non-hydrogen) atoms. The van der Waals surface area contributed by atoms with Gasteiger partial charge in [0.05, 0.1) is 18.0 Å². The Morgan fingerprint density at radius 2 is 1.91 bits per heavy atom. The molecule has 0 atom stereocenters. The normalized spacial score (nSPS) is 26.8. The Balaban J connectivity index is 1.27. The van der Waals surface area contributed by atoms with Crippen molar-refractivity contribution in [3.63, 3.8) is 0 Å². The summed E-state index contributed by atoms with van der Waals surface area (Å²) in [5.74, 6) is 0.636. The van der Waals surface area contributed by atoms with Crippen molar-refractivity contribution in [3.8, 4) is 6.07 Å². The fraction of sp³-hybridized carbons (Fsp3) is 0.560. The molecule has 1 amide bonds. The van der Waals surface area contributed by atoms with Gasteiger partial charge >= 0.3 is 0 Å². The summed E-state index contributed by atoms with van der Waals surface area (Å²) in [5.41, 5.74) is 5.00. The molecular formula is C25H31FN6O. The van der Waals surface area contributed by atoms with E-state index in [2.05, 4.69) is 16.3 Å². The summed E-state index contributed by atoms with van der Waals surface area (Å²) >= 11 is 0. The zero-order valence-corrected chi connectivity index (χ0v) is 18.8. The van der Waals surface area contributed by atoms with Gasteiger partial charge < -0.3 is 11.1 Å². The number of primary amides is 1. The van der Waals surface area contributed by atoms with E-state index in [0.29, 0.717) is 42.9 Å². The van der Waals surface area contributed by atoms with Gasteiger partial charge in [-0.05, 0) is 50.0 Å². The Bertz CT molecular complexity index is 1040. The van der Waals surface area contributed by atoms with E-state index in [1.807, 2.05) is 30.3 Å². The van der Waals surface area contributed by atoms with E-state index in [-0.39, 0.29) is 0 Å². The highest BCUT2D eigenvalue weighted by Gasteiger charge is 2.49. The minimum Gasteiger partial charge on any atom is -0.368 e. The van der Waals surface area contributed by atoms with Crippen LogP contribution in [0.25, 0.3) is 0 Å². The highest BCUT2D eigenvalue weighted by Crippen LogP contribution is 2.44. The third-order valence-electron chi connectivity index (χ3n) is 7.73. The third-order valence-corrected chi connectivity index (χ3v) is 7.73. The number of halogens is 1. The molecule has 174 valence electrons. The van der Waals surface area contributed by atoms with Crippen LogP contribution in [0, 0.1) is 17.2 Å². The van der Waals surface area contributed by atoms with Gasteiger partial charge in [0.25, 0.3) is 5.91 Å². The maximum atomic E-state index is 15.3. The summed E-state index contributed by atoms with van der Waals surface area (Å²) in [6, 6.07) is 12.0. The molecule has 2 aliphatic carbocycles. The lowest BCUT2D eigenvalue weighted by atomic mass is 9.75. The van der Waals surface area contributed by atoms with E-state index in [0.717, 1.165) is 37.8 Å². The third kappa shape index (κ3) is 4.22. The summed E-state index contributed by atoms with van der Waals surface area (Å²) in [7, 11) is 0. The summed E-state index contributed by atoms with van der Waals surface area (Å²) in [5, 5.41) is 17.6. The predicted octanol–water partition coefficient (Wildman–Crippen LogP) is 3.54. The van der Waals surface area contributed by atoms with Crippen LogP contribution < -0.4 is 11.1 Å². The molecule has 5 rings (SSSR count). The molecule has 3 aliphatic rings. The molecule has 7 nitrogen and oxygen atoms in total. The summed E-state index contributed by atoms with van der Waals surface area (Å²) in [6.07, 6.45) is 7.66. The van der Waals surface area contributed by atoms with Crippen LogP contribution in [-0.2, 0) is 11.2 Å². The average molecular weight is 451 g/mol. The largest absolute Gasteiger partial charge is 0.368 e. The lowest BCUT2D eigenvalue weighted by Gasteiger charge is -2.51. The number of nitrogens with one attached hydrogen (secondary N) is 1. The van der Waals surface area contributed by atoms with Gasteiger partial charge in [-0.2, -0.15) is 10.4 Å². The van der Waals surface area contributed by atoms with Crippen LogP contribution in [0.2, 0.25) is 0 Å². The number of hydrogen-bond acceptors (Lipinski definition) is 5. The van der Waals surface area contributed by atoms with Gasteiger partial charge in [0.15, 0.2) is 11.5 Å². The zero-order chi connectivity index (χ0) is 23.1. The molecule has 2 aromatic rings. The summed E-state index contributed by atoms with van der Waals surface area (Å²) < 4.78 is 17.1. The second kappa shape index (κ2) is 8.45. The molecule has 0 bridgehead atoms. The van der Waals surface area contributed by atoms with Crippen LogP contribution in [0.15, 0.2) is 36.5 Å². The molecule has 0 unspecified atom stereocenters. The fourth-order valence-electron chi connectivity index (χ4n) is 5.41. The van der Waals surface area contributed by atoms with Crippen molar-refractivity contribution in [3.05, 3.63) is 47.7 Å². The number of nitriles is 1. The topological polar surface area (TPSA) is 100.0 Å². The van der Waals surface area contributed by atoms with Gasteiger partial charge in [-0.25, -0.2) is 4.39 Å². The highest BCUT2D eigenvalue weighted by atomic mass is 19.1. The van der Waals surface area contributed by atoms with Gasteiger partial charge in [0.1, 0.15) is 5.56 Å². The second-order valence-electron chi connectivity index (χ2n) is 10.1. The minimum atomic E-state index is -1.27. The summed E-state index contributed by atoms with van der Waals surface area (Å²) in [4.78, 5) is 14.3. The number of benzene rings is 1. The Morgan fingerprint density at radius 1 is 1.21 bits per heavy atom. The van der Waals surface area contributed by atoms with E-state index in [1.54, 1.807) is 10.9 Å². The Hall–Kier alpha value is -2.92. The van der Waals surface area contributed by atoms with Crippen molar-refractivity contribution in [1.29, 1.82) is 5.26 Å². The molecule has 1 saturated heterocycles. The molecular weight excluding hydrogens is 419 g/mol. The monoisotopic (exact) mass is 450 g/mol. The smallest absolute Gasteiger partial charge is 0.254 e. The average Bonchev–Trinajstić information content (AvgIpc) is 3.53. The van der Waals surface area contributed by atoms with Crippen molar-refractivity contribution >= 4 is 11.7 Å². The number of nitrogens with zero attached hydrogens (tertiary/aromatic N) is 4. The molecule has 1 aromatic carbocycles. The number of nitrogens with two attached hydrogens (primary N) is 1. The first-order chi connectivity index (χ1) is 15.9. The predicted molar refractivity (Wildman–Crippen MR) is 123 cm³/mol. The molecule has 3 fully saturated rings. The molecule has 2 saturated carbocycles.